The van der Waals surface area contributed by atoms with Gasteiger partial charge in [-0.3, -0.25) is 9.59 Å². The minimum atomic E-state index is -1.36. The maximum Gasteiger partial charge on any atom is 0.341 e. The highest BCUT2D eigenvalue weighted by molar-refractivity contribution is 6.04. The lowest BCUT2D eigenvalue weighted by molar-refractivity contribution is -0.126. The molecule has 1 aliphatic heterocycles. The van der Waals surface area contributed by atoms with Crippen LogP contribution < -0.4 is 10.3 Å². The lowest BCUT2D eigenvalue weighted by Gasteiger charge is -2.36. The van der Waals surface area contributed by atoms with E-state index >= 15 is 4.39 Å². The number of pyridine rings is 1. The Balaban J connectivity index is 1.37. The number of fused-ring (bicyclic) bond motifs is 2. The van der Waals surface area contributed by atoms with Crippen LogP contribution in [0.2, 0.25) is 0 Å². The Hall–Kier alpha value is -4.91. The molecule has 2 aromatic carbocycles. The molecule has 42 heavy (non-hydrogen) atoms. The van der Waals surface area contributed by atoms with Crippen LogP contribution in [0.25, 0.3) is 27.9 Å². The number of aromatic nitrogens is 2. The number of carbonyl (C=O) groups is 2. The molecule has 2 aromatic heterocycles. The number of carboxylic acid groups (broad SMARTS) is 1. The molecule has 0 aliphatic carbocycles. The highest BCUT2D eigenvalue weighted by Gasteiger charge is 2.26. The molecule has 0 unspecified atom stereocenters. The maximum atomic E-state index is 15.3. The van der Waals surface area contributed by atoms with Gasteiger partial charge in [-0.1, -0.05) is 31.5 Å². The van der Waals surface area contributed by atoms with E-state index in [2.05, 4.69) is 17.6 Å². The van der Waals surface area contributed by atoms with E-state index < -0.39 is 22.8 Å². The van der Waals surface area contributed by atoms with Crippen LogP contribution in [-0.2, 0) is 17.9 Å². The Morgan fingerprint density at radius 1 is 1.02 bits per heavy atom. The van der Waals surface area contributed by atoms with E-state index in [-0.39, 0.29) is 35.6 Å². The van der Waals surface area contributed by atoms with Gasteiger partial charge in [-0.2, -0.15) is 5.26 Å². The normalized spacial score (nSPS) is 14.0. The molecule has 1 saturated heterocycles. The van der Waals surface area contributed by atoms with Crippen molar-refractivity contribution in [3.05, 3.63) is 81.5 Å². The first-order chi connectivity index (χ1) is 20.3. The highest BCUT2D eigenvalue weighted by Crippen LogP contribution is 2.28. The number of rotatable bonds is 8. The molecule has 1 fully saturated rings. The van der Waals surface area contributed by atoms with E-state index in [1.807, 2.05) is 37.4 Å². The van der Waals surface area contributed by atoms with Crippen molar-refractivity contribution in [1.82, 2.24) is 14.0 Å². The first-order valence-corrected chi connectivity index (χ1v) is 14.1. The number of unbranched alkanes of at least 4 members (excludes halogenated alkanes) is 1. The quantitative estimate of drug-likeness (QED) is 0.239. The number of hydrogen-bond acceptors (Lipinski definition) is 5. The summed E-state index contributed by atoms with van der Waals surface area (Å²) >= 11 is 0. The lowest BCUT2D eigenvalue weighted by Crippen LogP contribution is -2.49. The molecule has 3 heterocycles. The fraction of sp³-hybridized carbons (Fsp3) is 0.312. The molecule has 0 bridgehead atoms. The fourth-order valence-corrected chi connectivity index (χ4v) is 5.58. The molecule has 4 aromatic rings. The fourth-order valence-electron chi connectivity index (χ4n) is 5.58. The molecule has 10 heteroatoms. The summed E-state index contributed by atoms with van der Waals surface area (Å²) in [5.74, 6) is -2.37. The summed E-state index contributed by atoms with van der Waals surface area (Å²) in [6, 6.07) is 12.7. The molecular weight excluding hydrogens is 537 g/mol. The van der Waals surface area contributed by atoms with Gasteiger partial charge in [0.2, 0.25) is 5.43 Å². The van der Waals surface area contributed by atoms with Crippen molar-refractivity contribution in [1.29, 1.82) is 5.26 Å². The second-order valence-electron chi connectivity index (χ2n) is 10.4. The van der Waals surface area contributed by atoms with Gasteiger partial charge in [0.05, 0.1) is 11.2 Å². The topological polar surface area (TPSA) is 112 Å². The summed E-state index contributed by atoms with van der Waals surface area (Å²) in [4.78, 5) is 41.0. The number of carboxylic acids is 1. The molecule has 1 amide bonds. The van der Waals surface area contributed by atoms with Gasteiger partial charge in [0.15, 0.2) is 0 Å². The summed E-state index contributed by atoms with van der Waals surface area (Å²) in [7, 11) is 0. The van der Waals surface area contributed by atoms with Gasteiger partial charge in [-0.15, -0.1) is 0 Å². The largest absolute Gasteiger partial charge is 0.477 e. The molecular formula is C32H32FN5O4. The molecule has 216 valence electrons. The minimum absolute atomic E-state index is 0.00617. The number of anilines is 1. The Kier molecular flexibility index (Phi) is 8.11. The summed E-state index contributed by atoms with van der Waals surface area (Å²) in [6.07, 6.45) is 6.99. The predicted octanol–water partition coefficient (Wildman–Crippen LogP) is 4.87. The zero-order valence-corrected chi connectivity index (χ0v) is 23.6. The SMILES string of the molecule is CCCCn1cc(/C=C(\C#N)C(=O)N2CCN(c3cc4c(cc3F)c(=O)c(C(=O)O)cn4CC)CC2)c2ccccc21. The summed E-state index contributed by atoms with van der Waals surface area (Å²) in [5.41, 5.74) is 1.49. The number of aryl methyl sites for hydroxylation is 2. The Bertz CT molecular complexity index is 1820. The van der Waals surface area contributed by atoms with E-state index in [1.165, 1.54) is 6.20 Å². The van der Waals surface area contributed by atoms with Crippen LogP contribution >= 0.6 is 0 Å². The van der Waals surface area contributed by atoms with Gasteiger partial charge >= 0.3 is 5.97 Å². The third kappa shape index (κ3) is 5.26. The molecule has 1 N–H and O–H groups in total. The number of amides is 1. The second kappa shape index (κ2) is 11.9. The van der Waals surface area contributed by atoms with Crippen LogP contribution in [0.3, 0.4) is 0 Å². The third-order valence-electron chi connectivity index (χ3n) is 7.85. The summed E-state index contributed by atoms with van der Waals surface area (Å²) < 4.78 is 19.0. The van der Waals surface area contributed by atoms with Crippen molar-refractivity contribution in [3.63, 3.8) is 0 Å². The number of nitriles is 1. The number of nitrogens with zero attached hydrogens (tertiary/aromatic N) is 5. The maximum absolute atomic E-state index is 15.3. The summed E-state index contributed by atoms with van der Waals surface area (Å²) in [6.45, 7) is 6.41. The average molecular weight is 570 g/mol. The van der Waals surface area contributed by atoms with Crippen molar-refractivity contribution in [2.24, 2.45) is 0 Å². The van der Waals surface area contributed by atoms with Crippen molar-refractivity contribution in [3.8, 4) is 6.07 Å². The Morgan fingerprint density at radius 2 is 1.76 bits per heavy atom. The molecule has 0 saturated carbocycles. The van der Waals surface area contributed by atoms with E-state index in [1.54, 1.807) is 26.5 Å². The number of para-hydroxylation sites is 1. The van der Waals surface area contributed by atoms with Crippen LogP contribution in [0.4, 0.5) is 10.1 Å². The van der Waals surface area contributed by atoms with Crippen LogP contribution in [0.1, 0.15) is 42.6 Å². The zero-order chi connectivity index (χ0) is 30.0. The van der Waals surface area contributed by atoms with Crippen LogP contribution in [0, 0.1) is 17.1 Å². The van der Waals surface area contributed by atoms with Gasteiger partial charge in [0, 0.05) is 73.5 Å². The van der Waals surface area contributed by atoms with E-state index in [9.17, 15) is 24.8 Å². The van der Waals surface area contributed by atoms with E-state index in [0.29, 0.717) is 25.2 Å². The number of piperazine rings is 1. The van der Waals surface area contributed by atoms with Gasteiger partial charge in [0.1, 0.15) is 23.0 Å². The van der Waals surface area contributed by atoms with Gasteiger partial charge in [-0.25, -0.2) is 9.18 Å². The molecule has 5 rings (SSSR count). The Morgan fingerprint density at radius 3 is 2.43 bits per heavy atom. The number of halogens is 1. The number of benzene rings is 2. The van der Waals surface area contributed by atoms with Crippen molar-refractivity contribution >= 4 is 45.4 Å². The van der Waals surface area contributed by atoms with Gasteiger partial charge in [-0.05, 0) is 37.6 Å². The molecule has 9 nitrogen and oxygen atoms in total. The Labute approximate surface area is 242 Å². The van der Waals surface area contributed by atoms with Crippen molar-refractivity contribution < 1.29 is 19.1 Å². The summed E-state index contributed by atoms with van der Waals surface area (Å²) in [5, 5.41) is 20.3. The lowest BCUT2D eigenvalue weighted by atomic mass is 10.1. The van der Waals surface area contributed by atoms with Gasteiger partial charge < -0.3 is 24.0 Å². The molecule has 0 radical (unpaired) electrons. The first kappa shape index (κ1) is 28.6. The zero-order valence-electron chi connectivity index (χ0n) is 23.6. The number of aromatic carboxylic acids is 1. The second-order valence-corrected chi connectivity index (χ2v) is 10.4. The predicted molar refractivity (Wildman–Crippen MR) is 160 cm³/mol. The number of hydrogen-bond donors (Lipinski definition) is 1. The van der Waals surface area contributed by atoms with Crippen LogP contribution in [0.5, 0.6) is 0 Å². The first-order valence-electron chi connectivity index (χ1n) is 14.1. The standard InChI is InChI=1S/C32H32FN5O4/c1-3-5-10-38-19-22(23-8-6-7-9-27(23)38)15-21(18-34)31(40)37-13-11-36(12-14-37)29-17-28-24(16-26(29)33)30(39)25(32(41)42)20-35(28)4-2/h6-9,15-17,19-20H,3-5,10-14H2,1-2H3,(H,41,42)/b21-15+. The van der Waals surface area contributed by atoms with E-state index in [0.717, 1.165) is 41.9 Å². The number of carbonyl (C=O) groups excluding carboxylic acids is 1. The van der Waals surface area contributed by atoms with E-state index in [4.69, 9.17) is 0 Å². The van der Waals surface area contributed by atoms with Crippen LogP contribution in [-0.4, -0.2) is 57.2 Å². The van der Waals surface area contributed by atoms with Crippen molar-refractivity contribution in [2.45, 2.75) is 39.8 Å². The van der Waals surface area contributed by atoms with Crippen molar-refractivity contribution in [2.75, 3.05) is 31.1 Å². The minimum Gasteiger partial charge on any atom is -0.477 e. The third-order valence-corrected chi connectivity index (χ3v) is 7.85. The molecule has 1 aliphatic rings. The van der Waals surface area contributed by atoms with Crippen LogP contribution in [0.15, 0.2) is 59.2 Å². The molecule has 0 spiro atoms. The average Bonchev–Trinajstić information content (AvgIpc) is 3.35. The smallest absolute Gasteiger partial charge is 0.341 e. The van der Waals surface area contributed by atoms with Gasteiger partial charge in [0.25, 0.3) is 5.91 Å². The monoisotopic (exact) mass is 569 g/mol. The highest BCUT2D eigenvalue weighted by atomic mass is 19.1. The molecule has 0 atom stereocenters.